The van der Waals surface area contributed by atoms with Gasteiger partial charge in [-0.3, -0.25) is 10.2 Å². The quantitative estimate of drug-likeness (QED) is 0.407. The van der Waals surface area contributed by atoms with E-state index in [1.165, 1.54) is 18.7 Å². The number of hydrazone groups is 1. The number of rotatable bonds is 8. The first-order valence-electron chi connectivity index (χ1n) is 10.9. The minimum atomic E-state index is -3.59. The molecule has 10 nitrogen and oxygen atoms in total. The van der Waals surface area contributed by atoms with Crippen LogP contribution in [-0.2, 0) is 14.6 Å². The van der Waals surface area contributed by atoms with E-state index in [1.807, 2.05) is 31.2 Å². The van der Waals surface area contributed by atoms with Crippen molar-refractivity contribution in [1.82, 2.24) is 5.01 Å². The minimum absolute atomic E-state index is 0.0261. The van der Waals surface area contributed by atoms with Crippen LogP contribution >= 0.6 is 11.8 Å². The smallest absolute Gasteiger partial charge is 0.283 e. The highest BCUT2D eigenvalue weighted by Gasteiger charge is 2.38. The molecule has 188 valence electrons. The Morgan fingerprint density at radius 3 is 2.50 bits per heavy atom. The van der Waals surface area contributed by atoms with Gasteiger partial charge in [0.1, 0.15) is 5.75 Å². The molecular weight excluding hydrogens is 504 g/mol. The van der Waals surface area contributed by atoms with Gasteiger partial charge in [0.25, 0.3) is 5.91 Å². The largest absolute Gasteiger partial charge is 0.493 e. The van der Waals surface area contributed by atoms with Gasteiger partial charge in [-0.05, 0) is 54.6 Å². The molecule has 2 aliphatic rings. The van der Waals surface area contributed by atoms with Crippen molar-refractivity contribution in [1.29, 1.82) is 5.41 Å². The van der Waals surface area contributed by atoms with Crippen molar-refractivity contribution in [2.45, 2.75) is 13.3 Å². The fourth-order valence-corrected chi connectivity index (χ4v) is 4.93. The number of amides is 1. The molecule has 0 atom stereocenters. The molecule has 1 amide bonds. The van der Waals surface area contributed by atoms with Gasteiger partial charge in [0.15, 0.2) is 17.3 Å². The number of benzene rings is 2. The summed E-state index contributed by atoms with van der Waals surface area (Å²) in [5.74, 6) is 0.872. The average Bonchev–Trinajstić information content (AvgIpc) is 3.28. The highest BCUT2D eigenvalue weighted by Crippen LogP contribution is 2.32. The number of aliphatic imine (C=N–C) groups is 1. The first-order chi connectivity index (χ1) is 17.2. The Morgan fingerprint density at radius 1 is 1.08 bits per heavy atom. The van der Waals surface area contributed by atoms with Gasteiger partial charge >= 0.3 is 0 Å². The van der Waals surface area contributed by atoms with Gasteiger partial charge in [-0.25, -0.2) is 8.42 Å². The average molecular weight is 529 g/mol. The third-order valence-electron chi connectivity index (χ3n) is 5.09. The van der Waals surface area contributed by atoms with Crippen LogP contribution in [0, 0.1) is 12.3 Å². The number of sulfone groups is 1. The number of amidine groups is 2. The molecule has 0 fully saturated rings. The van der Waals surface area contributed by atoms with Crippen molar-refractivity contribution in [3.05, 3.63) is 59.2 Å². The molecule has 0 aromatic heterocycles. The Bertz CT molecular complexity index is 1400. The predicted molar refractivity (Wildman–Crippen MR) is 140 cm³/mol. The first-order valence-corrected chi connectivity index (χ1v) is 13.6. The summed E-state index contributed by atoms with van der Waals surface area (Å²) in [5, 5.41) is 13.4. The molecule has 0 radical (unpaired) electrons. The van der Waals surface area contributed by atoms with E-state index in [4.69, 9.17) is 19.6 Å². The summed E-state index contributed by atoms with van der Waals surface area (Å²) in [6.45, 7) is 2.93. The van der Waals surface area contributed by atoms with E-state index in [1.54, 1.807) is 18.2 Å². The fraction of sp³-hybridized carbons (Fsp3) is 0.250. The number of methoxy groups -OCH3 is 1. The number of carbonyl (C=O) groups excluding carboxylic acids is 1. The molecule has 2 aliphatic heterocycles. The zero-order chi connectivity index (χ0) is 25.9. The van der Waals surface area contributed by atoms with Gasteiger partial charge in [-0.2, -0.15) is 10.0 Å². The summed E-state index contributed by atoms with van der Waals surface area (Å²) in [6.07, 6.45) is 3.15. The number of ether oxygens (including phenoxy) is 3. The lowest BCUT2D eigenvalue weighted by Crippen LogP contribution is -2.35. The number of hydrogen-bond donors (Lipinski definition) is 1. The lowest BCUT2D eigenvalue weighted by Gasteiger charge is -2.20. The minimum Gasteiger partial charge on any atom is -0.493 e. The Morgan fingerprint density at radius 2 is 1.81 bits per heavy atom. The Balaban J connectivity index is 1.41. The van der Waals surface area contributed by atoms with Gasteiger partial charge in [-0.1, -0.05) is 23.8 Å². The van der Waals surface area contributed by atoms with Crippen LogP contribution < -0.4 is 14.2 Å². The molecule has 0 aliphatic carbocycles. The number of nitrogens with zero attached hydrogens (tertiary/aromatic N) is 3. The number of thioether (sulfide) groups is 1. The number of hydrogen-bond acceptors (Lipinski definition) is 9. The van der Waals surface area contributed by atoms with Crippen LogP contribution in [0.15, 0.2) is 58.1 Å². The molecule has 2 aromatic rings. The number of carbonyl (C=O) groups is 1. The van der Waals surface area contributed by atoms with Crippen molar-refractivity contribution in [3.63, 3.8) is 0 Å². The zero-order valence-corrected chi connectivity index (χ0v) is 21.5. The lowest BCUT2D eigenvalue weighted by molar-refractivity contribution is -0.114. The van der Waals surface area contributed by atoms with E-state index in [-0.39, 0.29) is 21.0 Å². The SMILES string of the molecule is COc1cc(C=C2C(=N)N3N=C(S(C)(=O)=O)SC3=NC2=O)ccc1OCCCOc1ccc(C)cc1. The third-order valence-corrected chi connectivity index (χ3v) is 7.67. The molecule has 0 unspecified atom stereocenters. The molecule has 1 N–H and O–H groups in total. The molecule has 0 bridgehead atoms. The normalized spacial score (nSPS) is 16.5. The maximum absolute atomic E-state index is 12.5. The van der Waals surface area contributed by atoms with Gasteiger partial charge in [0.05, 0.1) is 25.9 Å². The monoisotopic (exact) mass is 528 g/mol. The van der Waals surface area contributed by atoms with Crippen LogP contribution in [0.3, 0.4) is 0 Å². The summed E-state index contributed by atoms with van der Waals surface area (Å²) in [6, 6.07) is 12.9. The second-order valence-electron chi connectivity index (χ2n) is 7.93. The maximum Gasteiger partial charge on any atom is 0.283 e. The van der Waals surface area contributed by atoms with E-state index in [0.717, 1.165) is 28.8 Å². The molecule has 0 spiro atoms. The van der Waals surface area contributed by atoms with E-state index in [0.29, 0.717) is 36.7 Å². The molecule has 0 saturated carbocycles. The van der Waals surface area contributed by atoms with Gasteiger partial charge < -0.3 is 14.2 Å². The van der Waals surface area contributed by atoms with Crippen LogP contribution in [0.4, 0.5) is 0 Å². The van der Waals surface area contributed by atoms with E-state index in [2.05, 4.69) is 10.1 Å². The summed E-state index contributed by atoms with van der Waals surface area (Å²) < 4.78 is 40.3. The van der Waals surface area contributed by atoms with Crippen LogP contribution in [0.25, 0.3) is 6.08 Å². The second kappa shape index (κ2) is 10.5. The standard InChI is InChI=1S/C24H24N4O6S2/c1-15-5-8-17(9-6-15)33-11-4-12-34-19-10-7-16(14-20(19)32-2)13-18-21(25)28-23(26-22(18)29)35-24(27-28)36(3,30)31/h5-10,13-14,25H,4,11-12H2,1-3H3. The molecule has 0 saturated heterocycles. The van der Waals surface area contributed by atoms with Crippen LogP contribution in [0.5, 0.6) is 17.2 Å². The highest BCUT2D eigenvalue weighted by molar-refractivity contribution is 8.42. The third kappa shape index (κ3) is 5.77. The summed E-state index contributed by atoms with van der Waals surface area (Å²) in [4.78, 5) is 16.4. The Labute approximate surface area is 213 Å². The molecule has 12 heteroatoms. The summed E-state index contributed by atoms with van der Waals surface area (Å²) in [5.41, 5.74) is 1.72. The van der Waals surface area contributed by atoms with Crippen molar-refractivity contribution in [2.75, 3.05) is 26.6 Å². The summed E-state index contributed by atoms with van der Waals surface area (Å²) in [7, 11) is -2.09. The molecule has 2 heterocycles. The Hall–Kier alpha value is -3.64. The van der Waals surface area contributed by atoms with Crippen molar-refractivity contribution < 1.29 is 27.4 Å². The van der Waals surface area contributed by atoms with E-state index < -0.39 is 15.7 Å². The van der Waals surface area contributed by atoms with Gasteiger partial charge in [-0.15, -0.1) is 5.10 Å². The van der Waals surface area contributed by atoms with Gasteiger partial charge in [0.2, 0.25) is 19.4 Å². The van der Waals surface area contributed by atoms with Crippen LogP contribution in [-0.4, -0.2) is 61.3 Å². The molecular formula is C24H24N4O6S2. The number of aryl methyl sites for hydroxylation is 1. The van der Waals surface area contributed by atoms with E-state index in [9.17, 15) is 13.2 Å². The molecule has 2 aromatic carbocycles. The molecule has 4 rings (SSSR count). The van der Waals surface area contributed by atoms with Gasteiger partial charge in [0, 0.05) is 12.7 Å². The highest BCUT2D eigenvalue weighted by atomic mass is 32.3. The number of nitrogens with one attached hydrogen (secondary N) is 1. The number of fused-ring (bicyclic) bond motifs is 1. The zero-order valence-electron chi connectivity index (χ0n) is 19.8. The Kier molecular flexibility index (Phi) is 7.45. The van der Waals surface area contributed by atoms with E-state index >= 15 is 0 Å². The topological polar surface area (TPSA) is 131 Å². The molecule has 36 heavy (non-hydrogen) atoms. The van der Waals surface area contributed by atoms with Crippen molar-refractivity contribution in [2.24, 2.45) is 10.1 Å². The summed E-state index contributed by atoms with van der Waals surface area (Å²) >= 11 is 0.739. The van der Waals surface area contributed by atoms with Crippen molar-refractivity contribution >= 4 is 49.0 Å². The van der Waals surface area contributed by atoms with Crippen LogP contribution in [0.1, 0.15) is 17.5 Å². The second-order valence-corrected chi connectivity index (χ2v) is 11.1. The maximum atomic E-state index is 12.5. The van der Waals surface area contributed by atoms with Crippen LogP contribution in [0.2, 0.25) is 0 Å². The lowest BCUT2D eigenvalue weighted by atomic mass is 10.1. The first kappa shape index (κ1) is 25.5. The fourth-order valence-electron chi connectivity index (χ4n) is 3.25. The predicted octanol–water partition coefficient (Wildman–Crippen LogP) is 3.47. The van der Waals surface area contributed by atoms with Crippen molar-refractivity contribution in [3.8, 4) is 17.2 Å².